The Morgan fingerprint density at radius 1 is 0.931 bits per heavy atom. The summed E-state index contributed by atoms with van der Waals surface area (Å²) in [5.74, 6) is -0.535. The zero-order valence-electron chi connectivity index (χ0n) is 16.1. The second-order valence-electron chi connectivity index (χ2n) is 6.88. The van der Waals surface area contributed by atoms with Gasteiger partial charge in [0.2, 0.25) is 0 Å². The average molecular weight is 396 g/mol. The third-order valence-corrected chi connectivity index (χ3v) is 4.62. The van der Waals surface area contributed by atoms with E-state index in [1.807, 2.05) is 30.3 Å². The normalized spacial score (nSPS) is 13.5. The molecule has 0 radical (unpaired) electrons. The van der Waals surface area contributed by atoms with E-state index in [0.717, 1.165) is 37.0 Å². The van der Waals surface area contributed by atoms with E-state index in [0.29, 0.717) is 12.2 Å². The van der Waals surface area contributed by atoms with Gasteiger partial charge in [-0.05, 0) is 42.7 Å². The molecular weight excluding hydrogens is 372 g/mol. The molecule has 1 saturated carbocycles. The van der Waals surface area contributed by atoms with Crippen molar-refractivity contribution >= 4 is 17.9 Å². The minimum atomic E-state index is -0.665. The number of benzene rings is 2. The summed E-state index contributed by atoms with van der Waals surface area (Å²) in [6.45, 7) is -0.145. The summed E-state index contributed by atoms with van der Waals surface area (Å²) in [7, 11) is 0. The van der Waals surface area contributed by atoms with E-state index in [-0.39, 0.29) is 6.04 Å². The molecule has 0 bridgehead atoms. The van der Waals surface area contributed by atoms with Gasteiger partial charge in [-0.1, -0.05) is 43.2 Å². The summed E-state index contributed by atoms with van der Waals surface area (Å²) in [5.41, 5.74) is 1.21. The molecule has 3 amide bonds. The van der Waals surface area contributed by atoms with Gasteiger partial charge in [-0.15, -0.1) is 0 Å². The summed E-state index contributed by atoms with van der Waals surface area (Å²) in [6, 6.07) is 15.7. The lowest BCUT2D eigenvalue weighted by atomic mass is 10.1. The van der Waals surface area contributed by atoms with Gasteiger partial charge in [0.25, 0.3) is 5.91 Å². The van der Waals surface area contributed by atoms with E-state index in [4.69, 9.17) is 9.47 Å². The Balaban J connectivity index is 1.39. The van der Waals surface area contributed by atoms with Crippen LogP contribution in [0, 0.1) is 0 Å². The van der Waals surface area contributed by atoms with Gasteiger partial charge in [0, 0.05) is 6.04 Å². The SMILES string of the molecule is O=C(COC(=O)c1ccc(COc2ccccc2)cc1)NC(=O)NC1CCCC1. The Bertz CT molecular complexity index is 830. The van der Waals surface area contributed by atoms with Crippen LogP contribution in [0.5, 0.6) is 5.75 Å². The Morgan fingerprint density at radius 3 is 2.31 bits per heavy atom. The van der Waals surface area contributed by atoms with E-state index < -0.39 is 24.5 Å². The molecule has 0 aromatic heterocycles. The van der Waals surface area contributed by atoms with Gasteiger partial charge in [0.1, 0.15) is 12.4 Å². The fraction of sp³-hybridized carbons (Fsp3) is 0.318. The van der Waals surface area contributed by atoms with E-state index in [9.17, 15) is 14.4 Å². The second-order valence-corrected chi connectivity index (χ2v) is 6.88. The van der Waals surface area contributed by atoms with Gasteiger partial charge in [-0.25, -0.2) is 9.59 Å². The first-order valence-electron chi connectivity index (χ1n) is 9.64. The van der Waals surface area contributed by atoms with E-state index in [1.54, 1.807) is 24.3 Å². The Labute approximate surface area is 169 Å². The minimum Gasteiger partial charge on any atom is -0.489 e. The highest BCUT2D eigenvalue weighted by atomic mass is 16.5. The summed E-state index contributed by atoms with van der Waals surface area (Å²) in [4.78, 5) is 35.6. The van der Waals surface area contributed by atoms with Gasteiger partial charge < -0.3 is 14.8 Å². The molecule has 1 aliphatic carbocycles. The van der Waals surface area contributed by atoms with Gasteiger partial charge in [0.05, 0.1) is 5.56 Å². The predicted octanol–water partition coefficient (Wildman–Crippen LogP) is 3.19. The third kappa shape index (κ3) is 6.64. The molecule has 0 atom stereocenters. The zero-order valence-corrected chi connectivity index (χ0v) is 16.1. The Kier molecular flexibility index (Phi) is 7.22. The van der Waals surface area contributed by atoms with Crippen molar-refractivity contribution in [2.24, 2.45) is 0 Å². The molecule has 0 aliphatic heterocycles. The molecule has 1 aliphatic rings. The molecule has 2 aromatic carbocycles. The van der Waals surface area contributed by atoms with Gasteiger partial charge in [-0.2, -0.15) is 0 Å². The van der Waals surface area contributed by atoms with Crippen molar-refractivity contribution < 1.29 is 23.9 Å². The van der Waals surface area contributed by atoms with Crippen LogP contribution in [0.1, 0.15) is 41.6 Å². The van der Waals surface area contributed by atoms with Crippen LogP contribution in [-0.4, -0.2) is 30.6 Å². The van der Waals surface area contributed by atoms with Gasteiger partial charge in [-0.3, -0.25) is 10.1 Å². The van der Waals surface area contributed by atoms with Crippen molar-refractivity contribution in [3.05, 3.63) is 65.7 Å². The van der Waals surface area contributed by atoms with E-state index >= 15 is 0 Å². The first kappa shape index (κ1) is 20.4. The summed E-state index contributed by atoms with van der Waals surface area (Å²) >= 11 is 0. The first-order chi connectivity index (χ1) is 14.1. The minimum absolute atomic E-state index is 0.106. The fourth-order valence-electron chi connectivity index (χ4n) is 3.09. The molecule has 3 rings (SSSR count). The maximum absolute atomic E-state index is 12.1. The number of amides is 3. The lowest BCUT2D eigenvalue weighted by Crippen LogP contribution is -2.44. The van der Waals surface area contributed by atoms with Crippen LogP contribution in [0.4, 0.5) is 4.79 Å². The number of hydrogen-bond acceptors (Lipinski definition) is 5. The highest BCUT2D eigenvalue weighted by molar-refractivity contribution is 5.97. The second kappa shape index (κ2) is 10.3. The standard InChI is InChI=1S/C22H24N2O5/c25-20(24-22(27)23-18-6-4-5-7-18)15-29-21(26)17-12-10-16(11-13-17)14-28-19-8-2-1-3-9-19/h1-3,8-13,18H,4-7,14-15H2,(H2,23,24,25,27). The molecule has 152 valence electrons. The van der Waals surface area contributed by atoms with Crippen LogP contribution in [0.25, 0.3) is 0 Å². The van der Waals surface area contributed by atoms with Crippen molar-refractivity contribution in [2.75, 3.05) is 6.61 Å². The molecule has 0 spiro atoms. The number of esters is 1. The molecule has 7 nitrogen and oxygen atoms in total. The summed E-state index contributed by atoms with van der Waals surface area (Å²) < 4.78 is 10.6. The van der Waals surface area contributed by atoms with Crippen LogP contribution in [0.15, 0.2) is 54.6 Å². The molecule has 2 aromatic rings. The van der Waals surface area contributed by atoms with Crippen LogP contribution < -0.4 is 15.4 Å². The third-order valence-electron chi connectivity index (χ3n) is 4.62. The number of para-hydroxylation sites is 1. The highest BCUT2D eigenvalue weighted by Crippen LogP contribution is 2.17. The van der Waals surface area contributed by atoms with E-state index in [1.165, 1.54) is 0 Å². The van der Waals surface area contributed by atoms with Gasteiger partial charge >= 0.3 is 12.0 Å². The van der Waals surface area contributed by atoms with Crippen LogP contribution in [-0.2, 0) is 16.1 Å². The fourth-order valence-corrected chi connectivity index (χ4v) is 3.09. The number of carbonyl (C=O) groups is 3. The van der Waals surface area contributed by atoms with Crippen molar-refractivity contribution in [3.8, 4) is 5.75 Å². The van der Waals surface area contributed by atoms with Crippen molar-refractivity contribution in [1.29, 1.82) is 0 Å². The molecule has 7 heteroatoms. The number of urea groups is 1. The Hall–Kier alpha value is -3.35. The monoisotopic (exact) mass is 396 g/mol. The van der Waals surface area contributed by atoms with Crippen molar-refractivity contribution in [1.82, 2.24) is 10.6 Å². The number of imide groups is 1. The molecule has 0 unspecified atom stereocenters. The molecule has 29 heavy (non-hydrogen) atoms. The maximum atomic E-state index is 12.1. The number of rotatable bonds is 7. The largest absolute Gasteiger partial charge is 0.489 e. The van der Waals surface area contributed by atoms with Crippen LogP contribution in [0.2, 0.25) is 0 Å². The maximum Gasteiger partial charge on any atom is 0.338 e. The van der Waals surface area contributed by atoms with Crippen LogP contribution in [0.3, 0.4) is 0 Å². The van der Waals surface area contributed by atoms with Crippen molar-refractivity contribution in [2.45, 2.75) is 38.3 Å². The lowest BCUT2D eigenvalue weighted by molar-refractivity contribution is -0.123. The quantitative estimate of drug-likeness (QED) is 0.701. The summed E-state index contributed by atoms with van der Waals surface area (Å²) in [6.07, 6.45) is 3.99. The number of carbonyl (C=O) groups excluding carboxylic acids is 3. The van der Waals surface area contributed by atoms with Crippen LogP contribution >= 0.6 is 0 Å². The molecular formula is C22H24N2O5. The lowest BCUT2D eigenvalue weighted by Gasteiger charge is -2.12. The molecule has 2 N–H and O–H groups in total. The smallest absolute Gasteiger partial charge is 0.338 e. The number of nitrogens with one attached hydrogen (secondary N) is 2. The molecule has 0 saturated heterocycles. The Morgan fingerprint density at radius 2 is 1.62 bits per heavy atom. The number of hydrogen-bond donors (Lipinski definition) is 2. The predicted molar refractivity (Wildman–Crippen MR) is 106 cm³/mol. The first-order valence-corrected chi connectivity index (χ1v) is 9.64. The topological polar surface area (TPSA) is 93.7 Å². The zero-order chi connectivity index (χ0) is 20.5. The average Bonchev–Trinajstić information content (AvgIpc) is 3.24. The molecule has 0 heterocycles. The van der Waals surface area contributed by atoms with E-state index in [2.05, 4.69) is 10.6 Å². The van der Waals surface area contributed by atoms with Gasteiger partial charge in [0.15, 0.2) is 6.61 Å². The van der Waals surface area contributed by atoms with Crippen molar-refractivity contribution in [3.63, 3.8) is 0 Å². The summed E-state index contributed by atoms with van der Waals surface area (Å²) in [5, 5.41) is 4.91. The molecule has 1 fully saturated rings. The number of ether oxygens (including phenoxy) is 2. The highest BCUT2D eigenvalue weighted by Gasteiger charge is 2.18.